The molecule has 20 nitrogen and oxygen atoms in total. The summed E-state index contributed by atoms with van der Waals surface area (Å²) in [5, 5.41) is 5.64. The van der Waals surface area contributed by atoms with Gasteiger partial charge >= 0.3 is 13.3 Å². The maximum Gasteiger partial charge on any atom is 0.363 e. The van der Waals surface area contributed by atoms with Crippen molar-refractivity contribution < 1.29 is 57.0 Å². The van der Waals surface area contributed by atoms with E-state index >= 15 is 4.79 Å². The molecule has 7 heterocycles. The summed E-state index contributed by atoms with van der Waals surface area (Å²) in [5.74, 6) is -5.10. The van der Waals surface area contributed by atoms with Gasteiger partial charge in [0.15, 0.2) is 0 Å². The van der Waals surface area contributed by atoms with E-state index in [2.05, 4.69) is 15.5 Å². The van der Waals surface area contributed by atoms with Crippen molar-refractivity contribution in [3.05, 3.63) is 105 Å². The number of rotatable bonds is 13. The number of hydrogen-bond acceptors (Lipinski definition) is 12. The third kappa shape index (κ3) is 10.5. The molecule has 0 radical (unpaired) electrons. The fourth-order valence-corrected chi connectivity index (χ4v) is 13.2. The van der Waals surface area contributed by atoms with Gasteiger partial charge in [-0.3, -0.25) is 52.7 Å². The quantitative estimate of drug-likeness (QED) is 0.0952. The number of thiophene rings is 1. The topological polar surface area (TPSA) is 242 Å². The Hall–Kier alpha value is -6.13. The van der Waals surface area contributed by atoms with Crippen LogP contribution in [0.1, 0.15) is 97.3 Å². The third-order valence-electron chi connectivity index (χ3n) is 15.5. The minimum Gasteiger partial charge on any atom is -0.370 e. The van der Waals surface area contributed by atoms with Gasteiger partial charge in [-0.2, -0.15) is 0 Å². The summed E-state index contributed by atoms with van der Waals surface area (Å²) in [6, 6.07) is 17.5. The van der Waals surface area contributed by atoms with Crippen molar-refractivity contribution in [2.45, 2.75) is 108 Å². The summed E-state index contributed by atoms with van der Waals surface area (Å²) in [4.78, 5) is 123. The molecule has 5 aliphatic heterocycles. The lowest BCUT2D eigenvalue weighted by Gasteiger charge is -2.41. The van der Waals surface area contributed by atoms with Crippen LogP contribution in [-0.4, -0.2) is 150 Å². The molecule has 0 saturated carbocycles. The van der Waals surface area contributed by atoms with E-state index in [-0.39, 0.29) is 98.0 Å². The number of fused-ring (bicyclic) bond motifs is 4. The number of carbonyl (C=O) groups is 6. The van der Waals surface area contributed by atoms with Crippen LogP contribution in [0.2, 0.25) is 0 Å². The lowest BCUT2D eigenvalue weighted by molar-refractivity contribution is -0.157. The maximum absolute atomic E-state index is 15.0. The number of nitrogens with one attached hydrogen (secondary N) is 2. The molecule has 5 fully saturated rings. The number of hydrogen-bond donors (Lipinski definition) is 4. The van der Waals surface area contributed by atoms with E-state index < -0.39 is 67.0 Å². The predicted octanol–water partition coefficient (Wildman–Crippen LogP) is 4.28. The number of alkyl halides is 1. The predicted molar refractivity (Wildman–Crippen MR) is 278 cm³/mol. The highest BCUT2D eigenvalue weighted by atomic mass is 32.1. The van der Waals surface area contributed by atoms with Gasteiger partial charge < -0.3 is 39.3 Å². The first-order valence-corrected chi connectivity index (χ1v) is 28.1. The second kappa shape index (κ2) is 21.0. The monoisotopic (exact) mass is 1080 g/mol. The number of carbonyl (C=O) groups excluding carboxylic acids is 6. The van der Waals surface area contributed by atoms with Gasteiger partial charge in [0, 0.05) is 63.0 Å². The average molecular weight is 1090 g/mol. The summed E-state index contributed by atoms with van der Waals surface area (Å²) < 4.78 is 42.4. The molecule has 0 aliphatic carbocycles. The number of benzene rings is 3. The molecule has 4 N–H and O–H groups in total. The van der Waals surface area contributed by atoms with Crippen molar-refractivity contribution in [1.82, 2.24) is 39.4 Å². The molecule has 8 atom stereocenters. The Morgan fingerprint density at radius 2 is 1.66 bits per heavy atom. The zero-order valence-corrected chi connectivity index (χ0v) is 44.3. The number of likely N-dealkylation sites (tertiary alicyclic amines) is 2. The van der Waals surface area contributed by atoms with E-state index in [1.165, 1.54) is 38.3 Å². The van der Waals surface area contributed by atoms with E-state index in [1.807, 2.05) is 53.4 Å². The molecule has 23 heteroatoms. The number of amides is 6. The molecule has 404 valence electrons. The molecular formula is C53H62FN8O12PS. The minimum atomic E-state index is -5.08. The molecule has 1 unspecified atom stereocenters. The van der Waals surface area contributed by atoms with Crippen molar-refractivity contribution >= 4 is 75.5 Å². The molecular weight excluding hydrogens is 1020 g/mol. The number of morpholine rings is 1. The molecule has 0 spiro atoms. The van der Waals surface area contributed by atoms with Crippen LogP contribution in [0.4, 0.5) is 4.39 Å². The molecule has 6 amide bonds. The number of imidazole rings is 1. The molecule has 3 aromatic carbocycles. The highest BCUT2D eigenvalue weighted by Gasteiger charge is 2.50. The number of piperazine rings is 1. The molecule has 5 aliphatic rings. The molecule has 2 bridgehead atoms. The number of halogens is 1. The third-order valence-corrected chi connectivity index (χ3v) is 17.5. The highest BCUT2D eigenvalue weighted by molar-refractivity contribution is 7.51. The van der Waals surface area contributed by atoms with Crippen LogP contribution in [0.25, 0.3) is 21.1 Å². The Kier molecular flexibility index (Phi) is 14.7. The van der Waals surface area contributed by atoms with Crippen molar-refractivity contribution in [3.8, 4) is 0 Å². The number of imide groups is 1. The number of piperidine rings is 1. The van der Waals surface area contributed by atoms with Crippen molar-refractivity contribution in [2.24, 2.45) is 12.5 Å². The summed E-state index contributed by atoms with van der Waals surface area (Å²) in [7, 11) is -3.42. The van der Waals surface area contributed by atoms with Gasteiger partial charge in [0.25, 0.3) is 5.91 Å². The SMILES string of the molecule is Cn1c(=O)n(C2CCC(=O)NC2=O)c2ccc(CN3C[C@H]4CC[C@H](C3)N4C(=O)CO[C@@H]3CCN(C(=O)[C@@H](NC(=O)c4cc5cc([C@H](F)P(=O)(O)O)ccc5s4)C(C)(C)C)[C@@H]3C(=O)N3CCO[C@H](c4ccccc4)C3)cc21. The van der Waals surface area contributed by atoms with Crippen molar-refractivity contribution in [3.63, 3.8) is 0 Å². The van der Waals surface area contributed by atoms with Gasteiger partial charge in [0.05, 0.1) is 35.2 Å². The van der Waals surface area contributed by atoms with Crippen LogP contribution < -0.4 is 16.3 Å². The van der Waals surface area contributed by atoms with Gasteiger partial charge in [0.1, 0.15) is 30.8 Å². The van der Waals surface area contributed by atoms with Gasteiger partial charge in [-0.25, -0.2) is 9.18 Å². The van der Waals surface area contributed by atoms with Gasteiger partial charge in [-0.1, -0.05) is 63.2 Å². The Bertz CT molecular complexity index is 3210. The number of nitrogens with zero attached hydrogens (tertiary/aromatic N) is 6. The van der Waals surface area contributed by atoms with Crippen molar-refractivity contribution in [1.29, 1.82) is 0 Å². The summed E-state index contributed by atoms with van der Waals surface area (Å²) >= 11 is 1.07. The van der Waals surface area contributed by atoms with Crippen LogP contribution in [0.3, 0.4) is 0 Å². The number of aromatic nitrogens is 2. The van der Waals surface area contributed by atoms with Crippen LogP contribution in [-0.2, 0) is 51.6 Å². The number of aryl methyl sites for hydroxylation is 1. The molecule has 10 rings (SSSR count). The smallest absolute Gasteiger partial charge is 0.363 e. The first-order valence-electron chi connectivity index (χ1n) is 25.6. The minimum absolute atomic E-state index is 0.0987. The fourth-order valence-electron chi connectivity index (χ4n) is 11.7. The Morgan fingerprint density at radius 1 is 0.921 bits per heavy atom. The lowest BCUT2D eigenvalue weighted by atomic mass is 9.85. The van der Waals surface area contributed by atoms with E-state index in [1.54, 1.807) is 32.7 Å². The Morgan fingerprint density at radius 3 is 2.36 bits per heavy atom. The van der Waals surface area contributed by atoms with E-state index in [0.29, 0.717) is 40.8 Å². The average Bonchev–Trinajstić information content (AvgIpc) is 4.15. The Balaban J connectivity index is 0.837. The molecule has 5 saturated heterocycles. The summed E-state index contributed by atoms with van der Waals surface area (Å²) in [5.41, 5.74) is 1.66. The zero-order valence-electron chi connectivity index (χ0n) is 42.6. The molecule has 2 aromatic heterocycles. The first-order chi connectivity index (χ1) is 36.1. The second-order valence-corrected chi connectivity index (χ2v) is 24.4. The highest BCUT2D eigenvalue weighted by Crippen LogP contribution is 2.53. The summed E-state index contributed by atoms with van der Waals surface area (Å²) in [6.07, 6.45) is 0.917. The standard InChI is InChI=1S/C53H62FN8O12PS/c1-53(2,3)46(56-49(66)42-24-33-23-32(11-16-41(33)76-42)47(54)75(70,71)72)51(68)60-19-18-39(45(60)50(67)59-20-21-73-40(28-59)31-8-6-5-7-9-31)74-29-44(64)61-34-12-13-35(61)27-58(26-34)25-30-10-14-36-38(22-30)57(4)52(69)62(36)37-15-17-43(63)55-48(37)65/h5-11,14,16,22-24,34-35,37,39-40,45-47H,12-13,15,17-21,25-29H2,1-4H3,(H,56,66)(H,55,63,65)(H2,70,71,72)/t34-,35-,37?,39-,40+,45+,46-,47-/m1/s1. The van der Waals surface area contributed by atoms with E-state index in [4.69, 9.17) is 9.47 Å². The molecule has 5 aromatic rings. The summed E-state index contributed by atoms with van der Waals surface area (Å²) in [6.45, 7) is 7.64. The number of ether oxygens (including phenoxy) is 2. The largest absolute Gasteiger partial charge is 0.370 e. The zero-order chi connectivity index (χ0) is 54.0. The van der Waals surface area contributed by atoms with E-state index in [9.17, 15) is 47.5 Å². The second-order valence-electron chi connectivity index (χ2n) is 21.7. The van der Waals surface area contributed by atoms with Gasteiger partial charge in [-0.05, 0) is 83.5 Å². The Labute approximate surface area is 441 Å². The van der Waals surface area contributed by atoms with Gasteiger partial charge in [0.2, 0.25) is 35.4 Å². The maximum atomic E-state index is 15.0. The first kappa shape index (κ1) is 53.3. The fraction of sp³-hybridized carbons (Fsp3) is 0.491. The van der Waals surface area contributed by atoms with Crippen LogP contribution in [0.15, 0.2) is 77.6 Å². The van der Waals surface area contributed by atoms with Crippen LogP contribution >= 0.6 is 18.9 Å². The molecule has 76 heavy (non-hydrogen) atoms. The van der Waals surface area contributed by atoms with E-state index in [0.717, 1.165) is 35.3 Å². The van der Waals surface area contributed by atoms with Crippen LogP contribution in [0, 0.1) is 5.41 Å². The van der Waals surface area contributed by atoms with Gasteiger partial charge in [-0.15, -0.1) is 11.3 Å². The van der Waals surface area contributed by atoms with Crippen molar-refractivity contribution in [2.75, 3.05) is 45.9 Å². The van der Waals surface area contributed by atoms with Crippen LogP contribution in [0.5, 0.6) is 0 Å². The normalized spacial score (nSPS) is 24.3. The lowest BCUT2D eigenvalue weighted by Crippen LogP contribution is -2.60.